The summed E-state index contributed by atoms with van der Waals surface area (Å²) in [6.45, 7) is 4.53. The average molecular weight is 454 g/mol. The van der Waals surface area contributed by atoms with Crippen LogP contribution in [0.25, 0.3) is 5.57 Å². The largest absolute Gasteiger partial charge is 0.325 e. The summed E-state index contributed by atoms with van der Waals surface area (Å²) in [7, 11) is -3.53. The first-order valence-electron chi connectivity index (χ1n) is 11.3. The zero-order valence-electron chi connectivity index (χ0n) is 18.5. The molecule has 7 heteroatoms. The van der Waals surface area contributed by atoms with Gasteiger partial charge in [0.05, 0.1) is 10.9 Å². The molecule has 170 valence electrons. The van der Waals surface area contributed by atoms with Crippen molar-refractivity contribution < 1.29 is 13.2 Å². The molecule has 0 radical (unpaired) electrons. The van der Waals surface area contributed by atoms with E-state index in [4.69, 9.17) is 0 Å². The Morgan fingerprint density at radius 3 is 2.41 bits per heavy atom. The van der Waals surface area contributed by atoms with Crippen LogP contribution in [0.4, 0.5) is 5.69 Å². The lowest BCUT2D eigenvalue weighted by Crippen LogP contribution is -2.44. The maximum atomic E-state index is 13.0. The number of carbonyl (C=O) groups excluding carboxylic acids is 1. The number of rotatable bonds is 6. The van der Waals surface area contributed by atoms with Crippen LogP contribution in [0.1, 0.15) is 38.2 Å². The fraction of sp³-hybridized carbons (Fsp3) is 0.400. The van der Waals surface area contributed by atoms with E-state index in [0.717, 1.165) is 32.2 Å². The van der Waals surface area contributed by atoms with E-state index in [1.165, 1.54) is 11.1 Å². The number of benzene rings is 2. The topological polar surface area (TPSA) is 69.7 Å². The van der Waals surface area contributed by atoms with Crippen molar-refractivity contribution in [3.8, 4) is 0 Å². The molecule has 0 aliphatic carbocycles. The highest BCUT2D eigenvalue weighted by atomic mass is 32.2. The van der Waals surface area contributed by atoms with Gasteiger partial charge in [-0.25, -0.2) is 8.42 Å². The molecular weight excluding hydrogens is 422 g/mol. The number of anilines is 1. The predicted molar refractivity (Wildman–Crippen MR) is 128 cm³/mol. The van der Waals surface area contributed by atoms with Crippen molar-refractivity contribution in [2.75, 3.05) is 31.5 Å². The normalized spacial score (nSPS) is 19.2. The van der Waals surface area contributed by atoms with Crippen LogP contribution >= 0.6 is 0 Å². The summed E-state index contributed by atoms with van der Waals surface area (Å²) in [5.41, 5.74) is 3.05. The molecule has 2 aliphatic heterocycles. The first-order chi connectivity index (χ1) is 15.4. The highest BCUT2D eigenvalue weighted by Crippen LogP contribution is 2.25. The quantitative estimate of drug-likeness (QED) is 0.718. The van der Waals surface area contributed by atoms with Gasteiger partial charge in [0.25, 0.3) is 0 Å². The summed E-state index contributed by atoms with van der Waals surface area (Å²) < 4.78 is 27.5. The molecule has 2 aromatic rings. The summed E-state index contributed by atoms with van der Waals surface area (Å²) in [5, 5.41) is 2.91. The van der Waals surface area contributed by atoms with Crippen molar-refractivity contribution in [1.82, 2.24) is 9.21 Å². The van der Waals surface area contributed by atoms with Gasteiger partial charge >= 0.3 is 0 Å². The van der Waals surface area contributed by atoms with Gasteiger partial charge in [-0.1, -0.05) is 48.9 Å². The summed E-state index contributed by atoms with van der Waals surface area (Å²) >= 11 is 0. The molecule has 0 bridgehead atoms. The standard InChI is InChI=1S/C25H31N3O3S/c1-20(27-17-13-22(14-18-27)21-9-4-2-5-10-21)25(29)26-23-11-8-12-24(19-23)32(30,31)28-15-6-3-7-16-28/h2,4-5,8-13,19-20H,3,6-7,14-18H2,1H3,(H,26,29)/t20-/m0/s1. The molecule has 6 nitrogen and oxygen atoms in total. The van der Waals surface area contributed by atoms with Crippen LogP contribution in [-0.2, 0) is 14.8 Å². The van der Waals surface area contributed by atoms with Crippen LogP contribution in [-0.4, -0.2) is 55.8 Å². The third-order valence-electron chi connectivity index (χ3n) is 6.37. The van der Waals surface area contributed by atoms with Crippen molar-refractivity contribution >= 4 is 27.2 Å². The Morgan fingerprint density at radius 2 is 1.72 bits per heavy atom. The van der Waals surface area contributed by atoms with Gasteiger partial charge in [0.2, 0.25) is 15.9 Å². The number of piperidine rings is 1. The molecule has 1 saturated heterocycles. The first kappa shape index (κ1) is 22.7. The molecule has 1 amide bonds. The van der Waals surface area contributed by atoms with Crippen LogP contribution in [0.3, 0.4) is 0 Å². The van der Waals surface area contributed by atoms with Gasteiger partial charge in [0.1, 0.15) is 0 Å². The molecular formula is C25H31N3O3S. The van der Waals surface area contributed by atoms with E-state index >= 15 is 0 Å². The summed E-state index contributed by atoms with van der Waals surface area (Å²) in [4.78, 5) is 15.3. The second-order valence-corrected chi connectivity index (χ2v) is 10.4. The summed E-state index contributed by atoms with van der Waals surface area (Å²) in [5.74, 6) is -0.130. The fourth-order valence-corrected chi connectivity index (χ4v) is 5.92. The van der Waals surface area contributed by atoms with Gasteiger partial charge in [-0.2, -0.15) is 4.31 Å². The molecule has 1 N–H and O–H groups in total. The van der Waals surface area contributed by atoms with Gasteiger partial charge in [-0.05, 0) is 55.5 Å². The monoisotopic (exact) mass is 453 g/mol. The Labute approximate surface area is 191 Å². The number of amides is 1. The molecule has 32 heavy (non-hydrogen) atoms. The maximum Gasteiger partial charge on any atom is 0.243 e. The minimum absolute atomic E-state index is 0.130. The number of hydrogen-bond donors (Lipinski definition) is 1. The SMILES string of the molecule is C[C@@H](C(=O)Nc1cccc(S(=O)(=O)N2CCCCC2)c1)N1CC=C(c2ccccc2)CC1. The average Bonchev–Trinajstić information content (AvgIpc) is 2.85. The molecule has 0 spiro atoms. The third kappa shape index (κ3) is 5.11. The van der Waals surface area contributed by atoms with E-state index in [1.54, 1.807) is 28.6 Å². The minimum Gasteiger partial charge on any atom is -0.325 e. The van der Waals surface area contributed by atoms with Crippen LogP contribution < -0.4 is 5.32 Å². The highest BCUT2D eigenvalue weighted by Gasteiger charge is 2.27. The van der Waals surface area contributed by atoms with Crippen molar-refractivity contribution in [3.05, 3.63) is 66.2 Å². The second-order valence-electron chi connectivity index (χ2n) is 8.50. The Morgan fingerprint density at radius 1 is 0.969 bits per heavy atom. The Hall–Kier alpha value is -2.48. The van der Waals surface area contributed by atoms with Crippen LogP contribution in [0.15, 0.2) is 65.6 Å². The van der Waals surface area contributed by atoms with E-state index in [0.29, 0.717) is 25.3 Å². The predicted octanol–water partition coefficient (Wildman–Crippen LogP) is 3.98. The lowest BCUT2D eigenvalue weighted by molar-refractivity contribution is -0.120. The fourth-order valence-electron chi connectivity index (χ4n) is 4.35. The first-order valence-corrected chi connectivity index (χ1v) is 12.8. The van der Waals surface area contributed by atoms with Gasteiger partial charge in [-0.3, -0.25) is 9.69 Å². The van der Waals surface area contributed by atoms with Gasteiger partial charge in [0.15, 0.2) is 0 Å². The Kier molecular flexibility index (Phi) is 7.08. The molecule has 0 saturated carbocycles. The molecule has 1 atom stereocenters. The van der Waals surface area contributed by atoms with Crippen molar-refractivity contribution in [2.24, 2.45) is 0 Å². The lowest BCUT2D eigenvalue weighted by atomic mass is 9.99. The number of nitrogens with one attached hydrogen (secondary N) is 1. The molecule has 4 rings (SSSR count). The molecule has 1 fully saturated rings. The van der Waals surface area contributed by atoms with Crippen molar-refractivity contribution in [2.45, 2.75) is 43.5 Å². The van der Waals surface area contributed by atoms with Gasteiger partial charge in [0, 0.05) is 31.9 Å². The number of hydrogen-bond acceptors (Lipinski definition) is 4. The van der Waals surface area contributed by atoms with E-state index < -0.39 is 10.0 Å². The molecule has 2 aromatic carbocycles. The zero-order valence-corrected chi connectivity index (χ0v) is 19.4. The van der Waals surface area contributed by atoms with Crippen molar-refractivity contribution in [1.29, 1.82) is 0 Å². The van der Waals surface area contributed by atoms with Crippen LogP contribution in [0.2, 0.25) is 0 Å². The lowest BCUT2D eigenvalue weighted by Gasteiger charge is -2.31. The van der Waals surface area contributed by atoms with Crippen LogP contribution in [0, 0.1) is 0 Å². The Balaban J connectivity index is 1.40. The van der Waals surface area contributed by atoms with Crippen molar-refractivity contribution in [3.63, 3.8) is 0 Å². The Bertz CT molecular complexity index is 1080. The number of carbonyl (C=O) groups is 1. The second kappa shape index (κ2) is 9.98. The molecule has 2 aliphatic rings. The summed E-state index contributed by atoms with van der Waals surface area (Å²) in [6.07, 6.45) is 5.94. The van der Waals surface area contributed by atoms with E-state index in [2.05, 4.69) is 28.4 Å². The molecule has 0 aromatic heterocycles. The number of nitrogens with zero attached hydrogens (tertiary/aromatic N) is 2. The van der Waals surface area contributed by atoms with E-state index in [-0.39, 0.29) is 16.8 Å². The third-order valence-corrected chi connectivity index (χ3v) is 8.26. The van der Waals surface area contributed by atoms with E-state index in [9.17, 15) is 13.2 Å². The van der Waals surface area contributed by atoms with Gasteiger partial charge in [-0.15, -0.1) is 0 Å². The van der Waals surface area contributed by atoms with Gasteiger partial charge < -0.3 is 5.32 Å². The number of sulfonamides is 1. The zero-order chi connectivity index (χ0) is 22.6. The van der Waals surface area contributed by atoms with E-state index in [1.807, 2.05) is 25.1 Å². The molecule has 0 unspecified atom stereocenters. The summed E-state index contributed by atoms with van der Waals surface area (Å²) in [6, 6.07) is 16.6. The molecule has 2 heterocycles. The smallest absolute Gasteiger partial charge is 0.243 e. The maximum absolute atomic E-state index is 13.0. The van der Waals surface area contributed by atoms with Crippen LogP contribution in [0.5, 0.6) is 0 Å². The highest BCUT2D eigenvalue weighted by molar-refractivity contribution is 7.89. The minimum atomic E-state index is -3.53.